The van der Waals surface area contributed by atoms with Crippen molar-refractivity contribution >= 4 is 10.0 Å². The third kappa shape index (κ3) is 4.10. The van der Waals surface area contributed by atoms with Gasteiger partial charge in [0, 0.05) is 31.9 Å². The van der Waals surface area contributed by atoms with Crippen LogP contribution in [0.15, 0.2) is 35.5 Å². The number of aromatic nitrogens is 2. The summed E-state index contributed by atoms with van der Waals surface area (Å²) in [6.07, 6.45) is 3.65. The van der Waals surface area contributed by atoms with E-state index in [-0.39, 0.29) is 11.4 Å². The first-order chi connectivity index (χ1) is 10.0. The van der Waals surface area contributed by atoms with E-state index < -0.39 is 15.8 Å². The fourth-order valence-electron chi connectivity index (χ4n) is 1.89. The molecule has 0 unspecified atom stereocenters. The van der Waals surface area contributed by atoms with Crippen molar-refractivity contribution in [3.05, 3.63) is 47.8 Å². The van der Waals surface area contributed by atoms with E-state index in [0.29, 0.717) is 24.4 Å². The zero-order chi connectivity index (χ0) is 15.3. The molecule has 2 aromatic rings. The largest absolute Gasteiger partial charge is 0.349 e. The molecule has 0 aliphatic carbocycles. The molecule has 2 rings (SSSR count). The molecule has 1 heterocycles. The molecule has 0 aliphatic heterocycles. The van der Waals surface area contributed by atoms with Gasteiger partial charge in [-0.25, -0.2) is 22.5 Å². The molecule has 0 saturated carbocycles. The van der Waals surface area contributed by atoms with Gasteiger partial charge < -0.3 is 10.3 Å². The molecule has 0 spiro atoms. The summed E-state index contributed by atoms with van der Waals surface area (Å²) in [5.41, 5.74) is 0.685. The van der Waals surface area contributed by atoms with Gasteiger partial charge in [0.25, 0.3) is 0 Å². The summed E-state index contributed by atoms with van der Waals surface area (Å²) in [6, 6.07) is 4.08. The monoisotopic (exact) mass is 312 g/mol. The lowest BCUT2D eigenvalue weighted by Crippen LogP contribution is -2.27. The average Bonchev–Trinajstić information content (AvgIpc) is 2.92. The first-order valence-corrected chi connectivity index (χ1v) is 7.92. The third-order valence-electron chi connectivity index (χ3n) is 2.88. The van der Waals surface area contributed by atoms with E-state index >= 15 is 0 Å². The first-order valence-electron chi connectivity index (χ1n) is 6.44. The number of nitrogens with zero attached hydrogens (tertiary/aromatic N) is 1. The number of rotatable bonds is 7. The van der Waals surface area contributed by atoms with Crippen molar-refractivity contribution in [2.75, 3.05) is 13.6 Å². The van der Waals surface area contributed by atoms with E-state index in [2.05, 4.69) is 20.0 Å². The van der Waals surface area contributed by atoms with Crippen LogP contribution in [0, 0.1) is 5.82 Å². The van der Waals surface area contributed by atoms with Crippen LogP contribution in [-0.2, 0) is 23.0 Å². The first kappa shape index (κ1) is 15.6. The van der Waals surface area contributed by atoms with Gasteiger partial charge in [0.05, 0.1) is 0 Å². The SMILES string of the molecule is CNCc1ccc(S(=O)(=O)NCCc2ncc[nH]2)c(F)c1. The molecule has 0 fully saturated rings. The molecule has 1 aromatic carbocycles. The second-order valence-corrected chi connectivity index (χ2v) is 6.21. The molecule has 0 atom stereocenters. The average molecular weight is 312 g/mol. The van der Waals surface area contributed by atoms with Gasteiger partial charge in [-0.3, -0.25) is 0 Å². The number of imidazole rings is 1. The maximum Gasteiger partial charge on any atom is 0.243 e. The third-order valence-corrected chi connectivity index (χ3v) is 4.37. The van der Waals surface area contributed by atoms with Gasteiger partial charge in [0.2, 0.25) is 10.0 Å². The van der Waals surface area contributed by atoms with Crippen molar-refractivity contribution in [2.24, 2.45) is 0 Å². The number of hydrogen-bond donors (Lipinski definition) is 3. The van der Waals surface area contributed by atoms with Crippen LogP contribution in [-0.4, -0.2) is 32.0 Å². The second-order valence-electron chi connectivity index (χ2n) is 4.48. The number of benzene rings is 1. The van der Waals surface area contributed by atoms with Crippen molar-refractivity contribution < 1.29 is 12.8 Å². The van der Waals surface area contributed by atoms with Crippen LogP contribution in [0.4, 0.5) is 4.39 Å². The Labute approximate surface area is 122 Å². The molecular formula is C13H17FN4O2S. The molecule has 0 bridgehead atoms. The minimum Gasteiger partial charge on any atom is -0.349 e. The number of halogens is 1. The Balaban J connectivity index is 2.04. The highest BCUT2D eigenvalue weighted by Gasteiger charge is 2.18. The van der Waals surface area contributed by atoms with Crippen molar-refractivity contribution in [1.82, 2.24) is 20.0 Å². The van der Waals surface area contributed by atoms with Crippen LogP contribution in [0.5, 0.6) is 0 Å². The van der Waals surface area contributed by atoms with Gasteiger partial charge in [-0.15, -0.1) is 0 Å². The second kappa shape index (κ2) is 6.79. The van der Waals surface area contributed by atoms with E-state index in [1.54, 1.807) is 25.5 Å². The smallest absolute Gasteiger partial charge is 0.243 e. The molecule has 1 aromatic heterocycles. The quantitative estimate of drug-likeness (QED) is 0.705. The molecule has 6 nitrogen and oxygen atoms in total. The summed E-state index contributed by atoms with van der Waals surface area (Å²) in [6.45, 7) is 0.622. The number of sulfonamides is 1. The molecule has 8 heteroatoms. The van der Waals surface area contributed by atoms with E-state index in [1.807, 2.05) is 0 Å². The Morgan fingerprint density at radius 1 is 1.38 bits per heavy atom. The van der Waals surface area contributed by atoms with Crippen LogP contribution in [0.2, 0.25) is 0 Å². The van der Waals surface area contributed by atoms with Crippen molar-refractivity contribution in [3.8, 4) is 0 Å². The molecule has 0 amide bonds. The molecular weight excluding hydrogens is 295 g/mol. The lowest BCUT2D eigenvalue weighted by molar-refractivity contribution is 0.555. The zero-order valence-corrected chi connectivity index (χ0v) is 12.4. The van der Waals surface area contributed by atoms with E-state index in [0.717, 1.165) is 0 Å². The number of H-pyrrole nitrogens is 1. The molecule has 114 valence electrons. The number of hydrogen-bond acceptors (Lipinski definition) is 4. The molecule has 0 saturated heterocycles. The molecule has 3 N–H and O–H groups in total. The molecule has 0 radical (unpaired) electrons. The van der Waals surface area contributed by atoms with Crippen LogP contribution >= 0.6 is 0 Å². The van der Waals surface area contributed by atoms with Crippen molar-refractivity contribution in [2.45, 2.75) is 17.9 Å². The Hall–Kier alpha value is -1.77. The van der Waals surface area contributed by atoms with E-state index in [4.69, 9.17) is 0 Å². The Kier molecular flexibility index (Phi) is 5.05. The Morgan fingerprint density at radius 3 is 2.81 bits per heavy atom. The highest BCUT2D eigenvalue weighted by molar-refractivity contribution is 7.89. The van der Waals surface area contributed by atoms with Crippen molar-refractivity contribution in [1.29, 1.82) is 0 Å². The van der Waals surface area contributed by atoms with Crippen molar-refractivity contribution in [3.63, 3.8) is 0 Å². The maximum absolute atomic E-state index is 13.9. The topological polar surface area (TPSA) is 86.9 Å². The Bertz CT molecular complexity index is 686. The predicted octanol–water partition coefficient (Wildman–Crippen LogP) is 0.789. The molecule has 21 heavy (non-hydrogen) atoms. The van der Waals surface area contributed by atoms with Gasteiger partial charge in [0.1, 0.15) is 16.5 Å². The summed E-state index contributed by atoms with van der Waals surface area (Å²) >= 11 is 0. The van der Waals surface area contributed by atoms with Crippen LogP contribution < -0.4 is 10.0 Å². The maximum atomic E-state index is 13.9. The normalized spacial score (nSPS) is 11.7. The highest BCUT2D eigenvalue weighted by Crippen LogP contribution is 2.16. The fourth-order valence-corrected chi connectivity index (χ4v) is 2.98. The van der Waals surface area contributed by atoms with Gasteiger partial charge in [-0.1, -0.05) is 6.07 Å². The van der Waals surface area contributed by atoms with E-state index in [9.17, 15) is 12.8 Å². The Morgan fingerprint density at radius 2 is 2.19 bits per heavy atom. The van der Waals surface area contributed by atoms with Crippen LogP contribution in [0.3, 0.4) is 0 Å². The van der Waals surface area contributed by atoms with Gasteiger partial charge in [0.15, 0.2) is 0 Å². The fraction of sp³-hybridized carbons (Fsp3) is 0.308. The lowest BCUT2D eigenvalue weighted by Gasteiger charge is -2.08. The lowest BCUT2D eigenvalue weighted by atomic mass is 10.2. The van der Waals surface area contributed by atoms with Crippen LogP contribution in [0.1, 0.15) is 11.4 Å². The highest BCUT2D eigenvalue weighted by atomic mass is 32.2. The summed E-state index contributed by atoms with van der Waals surface area (Å²) in [5, 5.41) is 2.88. The minimum absolute atomic E-state index is 0.146. The number of nitrogens with one attached hydrogen (secondary N) is 3. The van der Waals surface area contributed by atoms with Gasteiger partial charge >= 0.3 is 0 Å². The summed E-state index contributed by atoms with van der Waals surface area (Å²) < 4.78 is 40.4. The van der Waals surface area contributed by atoms with Gasteiger partial charge in [-0.2, -0.15) is 0 Å². The van der Waals surface area contributed by atoms with Crippen LogP contribution in [0.25, 0.3) is 0 Å². The molecule has 0 aliphatic rings. The predicted molar refractivity (Wildman–Crippen MR) is 76.6 cm³/mol. The summed E-state index contributed by atoms with van der Waals surface area (Å²) in [4.78, 5) is 6.51. The summed E-state index contributed by atoms with van der Waals surface area (Å²) in [7, 11) is -2.13. The standard InChI is InChI=1S/C13H17FN4O2S/c1-15-9-10-2-3-12(11(14)8-10)21(19,20)18-5-4-13-16-6-7-17-13/h2-3,6-8,15,18H,4-5,9H2,1H3,(H,16,17). The summed E-state index contributed by atoms with van der Waals surface area (Å²) in [5.74, 6) is -0.0872. The van der Waals surface area contributed by atoms with Gasteiger partial charge in [-0.05, 0) is 24.7 Å². The minimum atomic E-state index is -3.86. The zero-order valence-electron chi connectivity index (χ0n) is 11.6. The number of aromatic amines is 1. The van der Waals surface area contributed by atoms with E-state index in [1.165, 1.54) is 12.1 Å².